The molecule has 1 saturated carbocycles. The number of anilines is 1. The summed E-state index contributed by atoms with van der Waals surface area (Å²) >= 11 is 4.83. The zero-order valence-corrected chi connectivity index (χ0v) is 10.7. The van der Waals surface area contributed by atoms with Crippen LogP contribution in [0.2, 0.25) is 0 Å². The molecule has 0 aliphatic heterocycles. The van der Waals surface area contributed by atoms with Crippen LogP contribution in [0.3, 0.4) is 0 Å². The molecule has 96 valence electrons. The fourth-order valence-electron chi connectivity index (χ4n) is 1.43. The van der Waals surface area contributed by atoms with Crippen molar-refractivity contribution in [1.29, 1.82) is 0 Å². The third-order valence-electron chi connectivity index (χ3n) is 2.56. The van der Waals surface area contributed by atoms with Crippen LogP contribution in [0.1, 0.15) is 18.5 Å². The summed E-state index contributed by atoms with van der Waals surface area (Å²) in [5.74, 6) is 0.828. The molecule has 0 radical (unpaired) electrons. The predicted octanol–water partition coefficient (Wildman–Crippen LogP) is 0.0489. The number of rotatable bonds is 6. The number of thiocarbonyl (C=S) groups is 1. The molecule has 0 aromatic carbocycles. The zero-order valence-electron chi connectivity index (χ0n) is 9.85. The molecule has 0 spiro atoms. The Morgan fingerprint density at radius 3 is 2.94 bits per heavy atom. The molecule has 0 bridgehead atoms. The Kier molecular flexibility index (Phi) is 4.03. The maximum absolute atomic E-state index is 11.4. The van der Waals surface area contributed by atoms with Crippen molar-refractivity contribution in [2.24, 2.45) is 11.7 Å². The van der Waals surface area contributed by atoms with Crippen molar-refractivity contribution in [2.45, 2.75) is 12.8 Å². The fourth-order valence-corrected chi connectivity index (χ4v) is 1.54. The highest BCUT2D eigenvalue weighted by molar-refractivity contribution is 7.80. The molecule has 0 atom stereocenters. The minimum Gasteiger partial charge on any atom is -0.388 e. The molecule has 1 heterocycles. The van der Waals surface area contributed by atoms with Crippen LogP contribution in [0.4, 0.5) is 5.95 Å². The normalized spacial score (nSPS) is 14.0. The van der Waals surface area contributed by atoms with E-state index in [-0.39, 0.29) is 16.8 Å². The lowest BCUT2D eigenvalue weighted by atomic mass is 10.4. The molecule has 1 amide bonds. The van der Waals surface area contributed by atoms with Crippen LogP contribution in [0.25, 0.3) is 0 Å². The van der Waals surface area contributed by atoms with E-state index in [4.69, 9.17) is 18.0 Å². The zero-order chi connectivity index (χ0) is 13.0. The summed E-state index contributed by atoms with van der Waals surface area (Å²) in [6, 6.07) is 1.66. The first-order chi connectivity index (χ1) is 8.66. The average molecular weight is 265 g/mol. The summed E-state index contributed by atoms with van der Waals surface area (Å²) in [5.41, 5.74) is 6.01. The molecule has 6 nitrogen and oxygen atoms in total. The number of hydrogen-bond acceptors (Lipinski definition) is 5. The van der Waals surface area contributed by atoms with Gasteiger partial charge in [-0.1, -0.05) is 12.2 Å². The van der Waals surface area contributed by atoms with Gasteiger partial charge in [0.2, 0.25) is 11.9 Å². The molecular formula is C11H15N5OS. The molecule has 0 saturated heterocycles. The Balaban J connectivity index is 1.74. The quantitative estimate of drug-likeness (QED) is 0.497. The minimum atomic E-state index is 0.134. The van der Waals surface area contributed by atoms with E-state index in [0.717, 1.165) is 12.8 Å². The molecule has 2 rings (SSSR count). The van der Waals surface area contributed by atoms with Crippen molar-refractivity contribution >= 4 is 29.1 Å². The SMILES string of the molecule is NC(=S)c1ccnc(NCCNC(=O)C2CC2)n1. The van der Waals surface area contributed by atoms with Gasteiger partial charge in [-0.15, -0.1) is 0 Å². The van der Waals surface area contributed by atoms with Crippen molar-refractivity contribution in [2.75, 3.05) is 18.4 Å². The van der Waals surface area contributed by atoms with Gasteiger partial charge >= 0.3 is 0 Å². The van der Waals surface area contributed by atoms with Crippen molar-refractivity contribution in [3.05, 3.63) is 18.0 Å². The molecule has 1 fully saturated rings. The van der Waals surface area contributed by atoms with Crippen LogP contribution in [0.5, 0.6) is 0 Å². The fraction of sp³-hybridized carbons (Fsp3) is 0.455. The number of nitrogens with one attached hydrogen (secondary N) is 2. The van der Waals surface area contributed by atoms with Gasteiger partial charge in [0.25, 0.3) is 0 Å². The van der Waals surface area contributed by atoms with Crippen LogP contribution < -0.4 is 16.4 Å². The van der Waals surface area contributed by atoms with Crippen LogP contribution in [0, 0.1) is 5.92 Å². The molecule has 0 unspecified atom stereocenters. The van der Waals surface area contributed by atoms with Crippen molar-refractivity contribution < 1.29 is 4.79 Å². The third-order valence-corrected chi connectivity index (χ3v) is 2.77. The number of hydrogen-bond donors (Lipinski definition) is 3. The number of carbonyl (C=O) groups is 1. The van der Waals surface area contributed by atoms with Gasteiger partial charge in [0.1, 0.15) is 10.7 Å². The summed E-state index contributed by atoms with van der Waals surface area (Å²) in [5, 5.41) is 5.85. The van der Waals surface area contributed by atoms with E-state index in [1.165, 1.54) is 0 Å². The molecule has 18 heavy (non-hydrogen) atoms. The van der Waals surface area contributed by atoms with Gasteiger partial charge in [-0.25, -0.2) is 9.97 Å². The van der Waals surface area contributed by atoms with Gasteiger partial charge in [-0.05, 0) is 18.9 Å². The van der Waals surface area contributed by atoms with Crippen LogP contribution in [-0.4, -0.2) is 34.0 Å². The van der Waals surface area contributed by atoms with Crippen LogP contribution >= 0.6 is 12.2 Å². The highest BCUT2D eigenvalue weighted by Gasteiger charge is 2.28. The number of nitrogens with two attached hydrogens (primary N) is 1. The Bertz CT molecular complexity index is 461. The standard InChI is InChI=1S/C11H15N5OS/c12-9(18)8-3-4-14-11(16-8)15-6-5-13-10(17)7-1-2-7/h3-4,7H,1-2,5-6H2,(H2,12,18)(H,13,17)(H,14,15,16). The molecule has 4 N–H and O–H groups in total. The van der Waals surface area contributed by atoms with E-state index >= 15 is 0 Å². The summed E-state index contributed by atoms with van der Waals surface area (Å²) in [6.45, 7) is 1.12. The highest BCUT2D eigenvalue weighted by atomic mass is 32.1. The predicted molar refractivity (Wildman–Crippen MR) is 72.1 cm³/mol. The summed E-state index contributed by atoms with van der Waals surface area (Å²) < 4.78 is 0. The van der Waals surface area contributed by atoms with Gasteiger partial charge < -0.3 is 16.4 Å². The van der Waals surface area contributed by atoms with Crippen molar-refractivity contribution in [3.8, 4) is 0 Å². The second-order valence-corrected chi connectivity index (χ2v) is 4.56. The van der Waals surface area contributed by atoms with Gasteiger partial charge in [-0.3, -0.25) is 4.79 Å². The summed E-state index contributed by atoms with van der Waals surface area (Å²) in [7, 11) is 0. The summed E-state index contributed by atoms with van der Waals surface area (Å²) in [6.07, 6.45) is 3.61. The largest absolute Gasteiger partial charge is 0.388 e. The Morgan fingerprint density at radius 2 is 2.28 bits per heavy atom. The van der Waals surface area contributed by atoms with E-state index in [1.54, 1.807) is 12.3 Å². The van der Waals surface area contributed by atoms with Gasteiger partial charge in [0, 0.05) is 25.2 Å². The Labute approximate surface area is 110 Å². The lowest BCUT2D eigenvalue weighted by Gasteiger charge is -2.07. The van der Waals surface area contributed by atoms with E-state index in [2.05, 4.69) is 20.6 Å². The second-order valence-electron chi connectivity index (χ2n) is 4.12. The highest BCUT2D eigenvalue weighted by Crippen LogP contribution is 2.28. The number of aromatic nitrogens is 2. The topological polar surface area (TPSA) is 92.9 Å². The van der Waals surface area contributed by atoms with Gasteiger partial charge in [-0.2, -0.15) is 0 Å². The van der Waals surface area contributed by atoms with E-state index < -0.39 is 0 Å². The summed E-state index contributed by atoms with van der Waals surface area (Å²) in [4.78, 5) is 19.8. The van der Waals surface area contributed by atoms with Crippen molar-refractivity contribution in [1.82, 2.24) is 15.3 Å². The average Bonchev–Trinajstić information content (AvgIpc) is 3.19. The van der Waals surface area contributed by atoms with Crippen molar-refractivity contribution in [3.63, 3.8) is 0 Å². The lowest BCUT2D eigenvalue weighted by molar-refractivity contribution is -0.122. The Morgan fingerprint density at radius 1 is 1.50 bits per heavy atom. The molecule has 1 aliphatic carbocycles. The minimum absolute atomic E-state index is 0.134. The first kappa shape index (κ1) is 12.7. The van der Waals surface area contributed by atoms with E-state index in [1.807, 2.05) is 0 Å². The number of nitrogens with zero attached hydrogens (tertiary/aromatic N) is 2. The lowest BCUT2D eigenvalue weighted by Crippen LogP contribution is -2.30. The van der Waals surface area contributed by atoms with Crippen LogP contribution in [-0.2, 0) is 4.79 Å². The first-order valence-electron chi connectivity index (χ1n) is 5.81. The third kappa shape index (κ3) is 3.63. The Hall–Kier alpha value is -1.76. The molecule has 1 aromatic heterocycles. The van der Waals surface area contributed by atoms with Crippen LogP contribution in [0.15, 0.2) is 12.3 Å². The maximum atomic E-state index is 11.4. The van der Waals surface area contributed by atoms with Gasteiger partial charge in [0.15, 0.2) is 0 Å². The number of carbonyl (C=O) groups excluding carboxylic acids is 1. The monoisotopic (exact) mass is 265 g/mol. The molecule has 1 aliphatic rings. The number of amides is 1. The molecular weight excluding hydrogens is 250 g/mol. The smallest absolute Gasteiger partial charge is 0.223 e. The van der Waals surface area contributed by atoms with Gasteiger partial charge in [0.05, 0.1) is 0 Å². The molecule has 7 heteroatoms. The van der Waals surface area contributed by atoms with E-state index in [9.17, 15) is 4.79 Å². The molecule has 1 aromatic rings. The van der Waals surface area contributed by atoms with E-state index in [0.29, 0.717) is 24.7 Å². The first-order valence-corrected chi connectivity index (χ1v) is 6.22. The second kappa shape index (κ2) is 5.72. The maximum Gasteiger partial charge on any atom is 0.223 e.